The van der Waals surface area contributed by atoms with Gasteiger partial charge >= 0.3 is 0 Å². The fourth-order valence-electron chi connectivity index (χ4n) is 13.0. The molecule has 0 radical (unpaired) electrons. The predicted octanol–water partition coefficient (Wildman–Crippen LogP) is 17.2. The lowest BCUT2D eigenvalue weighted by atomic mass is 9.64. The first kappa shape index (κ1) is 51.5. The summed E-state index contributed by atoms with van der Waals surface area (Å²) in [4.78, 5) is 7.85. The van der Waals surface area contributed by atoms with Gasteiger partial charge in [-0.05, 0) is 273 Å². The Labute approximate surface area is 417 Å². The molecule has 1 aliphatic carbocycles. The largest absolute Gasteiger partial charge is 0.486 e. The summed E-state index contributed by atoms with van der Waals surface area (Å²) in [6.07, 6.45) is 0.300. The average Bonchev–Trinajstić information content (AvgIpc) is 3.63. The van der Waals surface area contributed by atoms with Crippen LogP contribution in [-0.4, -0.2) is 30.8 Å². The minimum Gasteiger partial charge on any atom is -0.486 e. The Morgan fingerprint density at radius 1 is 0.338 bits per heavy atom. The van der Waals surface area contributed by atoms with Crippen LogP contribution >= 0.6 is 11.8 Å². The summed E-state index contributed by atoms with van der Waals surface area (Å²) in [5, 5.41) is 2.92. The van der Waals surface area contributed by atoms with Gasteiger partial charge in [-0.2, -0.15) is 0 Å². The number of rotatable bonds is 0. The Morgan fingerprint density at radius 3 is 1.07 bits per heavy atom. The summed E-state index contributed by atoms with van der Waals surface area (Å²) >= 11 is 1.97. The highest BCUT2D eigenvalue weighted by atomic mass is 32.2. The lowest BCUT2D eigenvalue weighted by molar-refractivity contribution is -0.0181. The van der Waals surface area contributed by atoms with Crippen molar-refractivity contribution in [2.45, 2.75) is 188 Å². The van der Waals surface area contributed by atoms with Crippen LogP contribution in [0.4, 0.5) is 17.1 Å². The Morgan fingerprint density at radius 2 is 0.662 bits per heavy atom. The molecule has 4 nitrogen and oxygen atoms in total. The lowest BCUT2D eigenvalue weighted by Crippen LogP contribution is -2.61. The zero-order valence-corrected chi connectivity index (χ0v) is 48.4. The van der Waals surface area contributed by atoms with Crippen LogP contribution in [0.3, 0.4) is 0 Å². The summed E-state index contributed by atoms with van der Waals surface area (Å²) in [6, 6.07) is 0.476. The molecule has 3 heterocycles. The molecule has 5 aromatic carbocycles. The van der Waals surface area contributed by atoms with Crippen LogP contribution < -0.4 is 14.5 Å². The Kier molecular flexibility index (Phi) is 13.7. The number of anilines is 3. The number of hydrogen-bond donors (Lipinski definition) is 0. The van der Waals surface area contributed by atoms with Crippen molar-refractivity contribution in [3.05, 3.63) is 111 Å². The van der Waals surface area contributed by atoms with Crippen molar-refractivity contribution in [3.8, 4) is 5.75 Å². The average molecular weight is 934 g/mol. The van der Waals surface area contributed by atoms with Gasteiger partial charge in [0.05, 0.1) is 34.1 Å². The highest BCUT2D eigenvalue weighted by molar-refractivity contribution is 7.99. The predicted molar refractivity (Wildman–Crippen MR) is 300 cm³/mol. The number of aromatic nitrogens is 1. The van der Waals surface area contributed by atoms with Gasteiger partial charge in [-0.1, -0.05) is 39.5 Å². The summed E-state index contributed by atoms with van der Waals surface area (Å²) in [6.45, 7) is 54.8. The minimum absolute atomic E-state index is 0.300. The number of benzene rings is 5. The van der Waals surface area contributed by atoms with Gasteiger partial charge in [0.15, 0.2) is 0 Å². The van der Waals surface area contributed by atoms with Crippen molar-refractivity contribution < 1.29 is 4.74 Å². The maximum absolute atomic E-state index is 6.71. The van der Waals surface area contributed by atoms with Crippen LogP contribution in [0.1, 0.15) is 139 Å². The molecule has 1 fully saturated rings. The van der Waals surface area contributed by atoms with Crippen LogP contribution in [0.25, 0.3) is 21.8 Å². The maximum Gasteiger partial charge on any atom is 0.146 e. The van der Waals surface area contributed by atoms with Gasteiger partial charge in [-0.3, -0.25) is 0 Å². The molecule has 0 bridgehead atoms. The molecule has 1 saturated carbocycles. The molecule has 0 saturated heterocycles. The first-order valence-corrected chi connectivity index (χ1v) is 26.4. The summed E-state index contributed by atoms with van der Waals surface area (Å²) in [5.74, 6) is 3.80. The van der Waals surface area contributed by atoms with Gasteiger partial charge in [0.1, 0.15) is 11.9 Å². The van der Waals surface area contributed by atoms with Gasteiger partial charge < -0.3 is 19.1 Å². The highest BCUT2D eigenvalue weighted by Gasteiger charge is 2.50. The molecule has 0 amide bonds. The normalized spacial score (nSPS) is 20.6. The van der Waals surface area contributed by atoms with Gasteiger partial charge in [-0.15, -0.1) is 0 Å². The van der Waals surface area contributed by atoms with E-state index in [0.29, 0.717) is 29.9 Å². The number of fused-ring (bicyclic) bond motifs is 7. The SMILES string of the molecule is Cc1c(C)c(C)c2c(c1C)OC1C(C)C(C)C(C)C(C)C1N2C.Cc1c(C)c(C)c2c(c1C)Sc1c(C)c(C)c(C)c(C)c1N2C.Cc1c(C)c(C)c2c(c1C)c1c(C)c(C)c(C)c(C)c1n2C. The molecule has 0 N–H and O–H groups in total. The molecule has 9 rings (SSSR count). The first-order valence-electron chi connectivity index (χ1n) is 25.6. The number of likely N-dealkylation sites (N-methyl/N-ethyl adjacent to an activating group) is 1. The smallest absolute Gasteiger partial charge is 0.146 e. The monoisotopic (exact) mass is 934 g/mol. The van der Waals surface area contributed by atoms with Crippen molar-refractivity contribution in [1.29, 1.82) is 0 Å². The number of aryl methyl sites for hydroxylation is 5. The molecule has 5 heteroatoms. The number of hydrogen-bond acceptors (Lipinski definition) is 4. The summed E-state index contributed by atoms with van der Waals surface area (Å²) in [7, 11) is 6.75. The Balaban J connectivity index is 0.000000151. The van der Waals surface area contributed by atoms with Crippen LogP contribution in [-0.2, 0) is 7.05 Å². The van der Waals surface area contributed by atoms with E-state index < -0.39 is 0 Å². The molecular formula is C63H87N3OS. The molecule has 68 heavy (non-hydrogen) atoms. The molecule has 6 atom stereocenters. The quantitative estimate of drug-likeness (QED) is 0.151. The van der Waals surface area contributed by atoms with Crippen molar-refractivity contribution in [1.82, 2.24) is 4.57 Å². The standard InChI is InChI=1S/C21H33NO.C21H27NS.C21H27N/c2*1-10-12(3)16(7)20-18(14(10)5)22(9)19-15(6)11(2)13(4)17(8)21(19)23-20;1-10-12(3)16(7)20-18(14(10)5)19-15(6)11(2)13(4)17(8)21(19)22(20)9/h10,12,14,16,18,20H,1-9H3;1-9H3;1-9H3. The van der Waals surface area contributed by atoms with Crippen molar-refractivity contribution >= 4 is 50.6 Å². The second kappa shape index (κ2) is 18.1. The van der Waals surface area contributed by atoms with E-state index in [1.165, 1.54) is 160 Å². The van der Waals surface area contributed by atoms with Gasteiger partial charge in [0.25, 0.3) is 0 Å². The zero-order valence-electron chi connectivity index (χ0n) is 47.6. The fraction of sp³-hybridized carbons (Fsp3) is 0.524. The molecule has 0 spiro atoms. The van der Waals surface area contributed by atoms with E-state index in [4.69, 9.17) is 4.74 Å². The maximum atomic E-state index is 6.71. The Hall–Kier alpha value is -4.35. The summed E-state index contributed by atoms with van der Waals surface area (Å²) < 4.78 is 9.14. The van der Waals surface area contributed by atoms with E-state index in [0.717, 1.165) is 11.7 Å². The molecule has 366 valence electrons. The zero-order chi connectivity index (χ0) is 50.9. The van der Waals surface area contributed by atoms with E-state index in [1.54, 1.807) is 0 Å². The van der Waals surface area contributed by atoms with E-state index in [1.807, 2.05) is 11.8 Å². The van der Waals surface area contributed by atoms with Gasteiger partial charge in [0.2, 0.25) is 0 Å². The van der Waals surface area contributed by atoms with Gasteiger partial charge in [0, 0.05) is 41.7 Å². The third kappa shape index (κ3) is 7.35. The molecular weight excluding hydrogens is 847 g/mol. The summed E-state index contributed by atoms with van der Waals surface area (Å²) in [5.41, 5.74) is 35.3. The van der Waals surface area contributed by atoms with E-state index in [2.05, 4.69) is 202 Å². The van der Waals surface area contributed by atoms with E-state index >= 15 is 0 Å². The van der Waals surface area contributed by atoms with Gasteiger partial charge in [-0.25, -0.2) is 0 Å². The third-order valence-corrected chi connectivity index (χ3v) is 21.2. The van der Waals surface area contributed by atoms with Crippen LogP contribution in [0.15, 0.2) is 9.79 Å². The topological polar surface area (TPSA) is 20.6 Å². The first-order chi connectivity index (χ1) is 31.6. The second-order valence-electron chi connectivity index (χ2n) is 22.3. The number of ether oxygens (including phenoxy) is 1. The minimum atomic E-state index is 0.300. The lowest BCUT2D eigenvalue weighted by Gasteiger charge is -2.54. The van der Waals surface area contributed by atoms with E-state index in [-0.39, 0.29) is 0 Å². The van der Waals surface area contributed by atoms with Crippen LogP contribution in [0.2, 0.25) is 0 Å². The van der Waals surface area contributed by atoms with Crippen LogP contribution in [0.5, 0.6) is 5.75 Å². The highest BCUT2D eigenvalue weighted by Crippen LogP contribution is 2.55. The van der Waals surface area contributed by atoms with E-state index in [9.17, 15) is 0 Å². The van der Waals surface area contributed by atoms with Crippen LogP contribution in [0, 0.1) is 162 Å². The third-order valence-electron chi connectivity index (χ3n) is 19.8. The molecule has 1 aromatic heterocycles. The molecule has 6 unspecified atom stereocenters. The van der Waals surface area contributed by atoms with Crippen molar-refractivity contribution in [2.24, 2.45) is 30.7 Å². The Bertz CT molecular complexity index is 2940. The van der Waals surface area contributed by atoms with Crippen molar-refractivity contribution in [3.63, 3.8) is 0 Å². The molecule has 2 aliphatic heterocycles. The van der Waals surface area contributed by atoms with Crippen molar-refractivity contribution in [2.75, 3.05) is 23.9 Å². The number of nitrogens with zero attached hydrogens (tertiary/aromatic N) is 3. The fourth-order valence-corrected chi connectivity index (χ4v) is 14.6. The molecule has 6 aromatic rings. The molecule has 3 aliphatic rings. The second-order valence-corrected chi connectivity index (χ2v) is 23.3.